The first kappa shape index (κ1) is 18.9. The second kappa shape index (κ2) is 9.19. The molecule has 0 radical (unpaired) electrons. The lowest BCUT2D eigenvalue weighted by Crippen LogP contribution is -2.43. The fourth-order valence-electron chi connectivity index (χ4n) is 3.38. The van der Waals surface area contributed by atoms with Crippen LogP contribution in [0.3, 0.4) is 0 Å². The lowest BCUT2D eigenvalue weighted by molar-refractivity contribution is -0.141. The third-order valence-corrected chi connectivity index (χ3v) is 5.00. The first-order chi connectivity index (χ1) is 11.5. The SMILES string of the molecule is CCCCN(Cc1ccc(C)cc1)C(=O)[C@@H]1CC[C@H](O)[C@H](OC)C1. The number of benzene rings is 1. The van der Waals surface area contributed by atoms with Crippen LogP contribution in [0.25, 0.3) is 0 Å². The maximum absolute atomic E-state index is 13.0. The van der Waals surface area contributed by atoms with Crippen LogP contribution in [0, 0.1) is 12.8 Å². The summed E-state index contributed by atoms with van der Waals surface area (Å²) in [6.07, 6.45) is 3.42. The molecule has 0 aromatic heterocycles. The molecule has 4 nitrogen and oxygen atoms in total. The lowest BCUT2D eigenvalue weighted by Gasteiger charge is -2.34. The molecular weight excluding hydrogens is 302 g/mol. The molecule has 0 saturated heterocycles. The van der Waals surface area contributed by atoms with Gasteiger partial charge in [-0.1, -0.05) is 43.2 Å². The Balaban J connectivity index is 2.05. The van der Waals surface area contributed by atoms with Crippen molar-refractivity contribution in [3.63, 3.8) is 0 Å². The first-order valence-electron chi connectivity index (χ1n) is 9.10. The highest BCUT2D eigenvalue weighted by molar-refractivity contribution is 5.79. The van der Waals surface area contributed by atoms with Crippen molar-refractivity contribution < 1.29 is 14.6 Å². The smallest absolute Gasteiger partial charge is 0.226 e. The van der Waals surface area contributed by atoms with Gasteiger partial charge >= 0.3 is 0 Å². The molecule has 0 unspecified atom stereocenters. The van der Waals surface area contributed by atoms with E-state index in [9.17, 15) is 9.90 Å². The Hall–Kier alpha value is -1.39. The summed E-state index contributed by atoms with van der Waals surface area (Å²) in [6, 6.07) is 8.39. The molecular formula is C20H31NO3. The number of ether oxygens (including phenoxy) is 1. The molecule has 1 fully saturated rings. The van der Waals surface area contributed by atoms with Crippen LogP contribution in [-0.2, 0) is 16.1 Å². The molecule has 0 bridgehead atoms. The van der Waals surface area contributed by atoms with Gasteiger partial charge < -0.3 is 14.7 Å². The van der Waals surface area contributed by atoms with Gasteiger partial charge in [0.25, 0.3) is 0 Å². The second-order valence-electron chi connectivity index (χ2n) is 6.95. The average molecular weight is 333 g/mol. The van der Waals surface area contributed by atoms with Crippen LogP contribution in [0.4, 0.5) is 0 Å². The van der Waals surface area contributed by atoms with E-state index >= 15 is 0 Å². The number of hydrogen-bond acceptors (Lipinski definition) is 3. The number of aliphatic hydroxyl groups is 1. The fourth-order valence-corrected chi connectivity index (χ4v) is 3.38. The zero-order valence-corrected chi connectivity index (χ0v) is 15.2. The first-order valence-corrected chi connectivity index (χ1v) is 9.10. The zero-order valence-electron chi connectivity index (χ0n) is 15.2. The molecule has 1 N–H and O–H groups in total. The Labute approximate surface area is 145 Å². The molecule has 4 heteroatoms. The molecule has 1 saturated carbocycles. The Morgan fingerprint density at radius 1 is 1.29 bits per heavy atom. The van der Waals surface area contributed by atoms with Crippen molar-refractivity contribution in [2.24, 2.45) is 5.92 Å². The van der Waals surface area contributed by atoms with Crippen molar-refractivity contribution in [2.45, 2.75) is 64.7 Å². The lowest BCUT2D eigenvalue weighted by atomic mass is 9.84. The van der Waals surface area contributed by atoms with E-state index in [-0.39, 0.29) is 17.9 Å². The van der Waals surface area contributed by atoms with E-state index in [0.29, 0.717) is 19.4 Å². The Kier molecular flexibility index (Phi) is 7.25. The normalized spacial score (nSPS) is 23.9. The molecule has 1 aliphatic carbocycles. The third-order valence-electron chi connectivity index (χ3n) is 5.00. The van der Waals surface area contributed by atoms with Gasteiger partial charge in [-0.15, -0.1) is 0 Å². The third kappa shape index (κ3) is 5.05. The van der Waals surface area contributed by atoms with Gasteiger partial charge in [-0.3, -0.25) is 4.79 Å². The number of amides is 1. The summed E-state index contributed by atoms with van der Waals surface area (Å²) in [6.45, 7) is 5.67. The Bertz CT molecular complexity index is 514. The number of hydrogen-bond donors (Lipinski definition) is 1. The summed E-state index contributed by atoms with van der Waals surface area (Å²) in [5, 5.41) is 9.96. The summed E-state index contributed by atoms with van der Waals surface area (Å²) >= 11 is 0. The minimum Gasteiger partial charge on any atom is -0.390 e. The number of aliphatic hydroxyl groups excluding tert-OH is 1. The van der Waals surface area contributed by atoms with E-state index in [2.05, 4.69) is 38.1 Å². The highest BCUT2D eigenvalue weighted by Gasteiger charge is 2.34. The molecule has 3 atom stereocenters. The molecule has 1 aromatic rings. The summed E-state index contributed by atoms with van der Waals surface area (Å²) in [7, 11) is 1.61. The van der Waals surface area contributed by atoms with E-state index in [1.54, 1.807) is 7.11 Å². The van der Waals surface area contributed by atoms with Crippen LogP contribution < -0.4 is 0 Å². The summed E-state index contributed by atoms with van der Waals surface area (Å²) in [5.41, 5.74) is 2.40. The highest BCUT2D eigenvalue weighted by Crippen LogP contribution is 2.28. The minimum atomic E-state index is -0.444. The van der Waals surface area contributed by atoms with E-state index in [4.69, 9.17) is 4.74 Å². The zero-order chi connectivity index (χ0) is 17.5. The van der Waals surface area contributed by atoms with Crippen molar-refractivity contribution in [2.75, 3.05) is 13.7 Å². The van der Waals surface area contributed by atoms with Crippen LogP contribution in [0.1, 0.15) is 50.2 Å². The highest BCUT2D eigenvalue weighted by atomic mass is 16.5. The van der Waals surface area contributed by atoms with Crippen molar-refractivity contribution in [3.05, 3.63) is 35.4 Å². The quantitative estimate of drug-likeness (QED) is 0.833. The molecule has 24 heavy (non-hydrogen) atoms. The number of unbranched alkanes of at least 4 members (excludes halogenated alkanes) is 1. The molecule has 1 aliphatic rings. The number of carbonyl (C=O) groups is 1. The summed E-state index contributed by atoms with van der Waals surface area (Å²) in [4.78, 5) is 15.0. The molecule has 0 spiro atoms. The number of rotatable bonds is 7. The topological polar surface area (TPSA) is 49.8 Å². The minimum absolute atomic E-state index is 0.0411. The van der Waals surface area contributed by atoms with Gasteiger partial charge in [0.05, 0.1) is 12.2 Å². The maximum Gasteiger partial charge on any atom is 0.226 e. The van der Waals surface area contributed by atoms with Gasteiger partial charge in [0.1, 0.15) is 0 Å². The van der Waals surface area contributed by atoms with E-state index in [1.807, 2.05) is 4.90 Å². The van der Waals surface area contributed by atoms with Gasteiger partial charge in [0, 0.05) is 26.1 Å². The van der Waals surface area contributed by atoms with Gasteiger partial charge in [-0.05, 0) is 38.2 Å². The Morgan fingerprint density at radius 2 is 2.00 bits per heavy atom. The van der Waals surface area contributed by atoms with Crippen LogP contribution in [-0.4, -0.2) is 41.8 Å². The Morgan fingerprint density at radius 3 is 2.62 bits per heavy atom. The van der Waals surface area contributed by atoms with E-state index in [1.165, 1.54) is 11.1 Å². The number of methoxy groups -OCH3 is 1. The number of nitrogens with zero attached hydrogens (tertiary/aromatic N) is 1. The standard InChI is InChI=1S/C20H31NO3/c1-4-5-12-21(14-16-8-6-15(2)7-9-16)20(23)17-10-11-18(22)19(13-17)24-3/h6-9,17-19,22H,4-5,10-14H2,1-3H3/t17-,18+,19-/m1/s1. The summed E-state index contributed by atoms with van der Waals surface area (Å²) < 4.78 is 5.36. The predicted octanol–water partition coefficient (Wildman–Crippen LogP) is 3.30. The van der Waals surface area contributed by atoms with Crippen molar-refractivity contribution in [1.82, 2.24) is 4.90 Å². The van der Waals surface area contributed by atoms with E-state index < -0.39 is 6.10 Å². The van der Waals surface area contributed by atoms with Crippen LogP contribution in [0.2, 0.25) is 0 Å². The second-order valence-corrected chi connectivity index (χ2v) is 6.95. The van der Waals surface area contributed by atoms with E-state index in [0.717, 1.165) is 25.8 Å². The fraction of sp³-hybridized carbons (Fsp3) is 0.650. The maximum atomic E-state index is 13.0. The van der Waals surface area contributed by atoms with Crippen LogP contribution >= 0.6 is 0 Å². The van der Waals surface area contributed by atoms with Crippen molar-refractivity contribution >= 4 is 5.91 Å². The molecule has 1 amide bonds. The predicted molar refractivity (Wildman–Crippen MR) is 95.6 cm³/mol. The average Bonchev–Trinajstić information content (AvgIpc) is 2.60. The largest absolute Gasteiger partial charge is 0.390 e. The molecule has 134 valence electrons. The van der Waals surface area contributed by atoms with Crippen molar-refractivity contribution in [1.29, 1.82) is 0 Å². The number of aryl methyl sites for hydroxylation is 1. The monoisotopic (exact) mass is 333 g/mol. The number of carbonyl (C=O) groups excluding carboxylic acids is 1. The molecule has 0 aliphatic heterocycles. The van der Waals surface area contributed by atoms with Crippen LogP contribution in [0.15, 0.2) is 24.3 Å². The van der Waals surface area contributed by atoms with Crippen LogP contribution in [0.5, 0.6) is 0 Å². The van der Waals surface area contributed by atoms with Gasteiger partial charge in [0.15, 0.2) is 0 Å². The van der Waals surface area contributed by atoms with Crippen molar-refractivity contribution in [3.8, 4) is 0 Å². The van der Waals surface area contributed by atoms with Gasteiger partial charge in [0.2, 0.25) is 5.91 Å². The van der Waals surface area contributed by atoms with Gasteiger partial charge in [-0.2, -0.15) is 0 Å². The molecule has 1 aromatic carbocycles. The van der Waals surface area contributed by atoms with Gasteiger partial charge in [-0.25, -0.2) is 0 Å². The molecule has 2 rings (SSSR count). The summed E-state index contributed by atoms with van der Waals surface area (Å²) in [5.74, 6) is 0.165. The molecule has 0 heterocycles.